The summed E-state index contributed by atoms with van der Waals surface area (Å²) in [5.41, 5.74) is 6.33. The zero-order valence-corrected chi connectivity index (χ0v) is 26.5. The van der Waals surface area contributed by atoms with Crippen molar-refractivity contribution in [3.8, 4) is 16.8 Å². The Labute approximate surface area is 272 Å². The zero-order valence-electron chi connectivity index (χ0n) is 22.6. The zero-order chi connectivity index (χ0) is 25.5. The number of para-hydroxylation sites is 1. The summed E-state index contributed by atoms with van der Waals surface area (Å²) in [4.78, 5) is 0. The smallest absolute Gasteiger partial charge is 1.00 e. The van der Waals surface area contributed by atoms with Crippen molar-refractivity contribution in [1.29, 1.82) is 0 Å². The molecule has 1 aromatic heterocycles. The monoisotopic (exact) mass is 645 g/mol. The van der Waals surface area contributed by atoms with Gasteiger partial charge in [-0.3, -0.25) is 0 Å². The van der Waals surface area contributed by atoms with Gasteiger partial charge in [-0.15, -0.1) is 58.1 Å². The minimum Gasteiger partial charge on any atom is -1.00 e. The number of rotatable bonds is 2. The predicted octanol–water partition coefficient (Wildman–Crippen LogP) is 4.20. The van der Waals surface area contributed by atoms with E-state index in [2.05, 4.69) is 157 Å². The van der Waals surface area contributed by atoms with Crippen LogP contribution in [0.2, 0.25) is 0 Å². The molecule has 0 aliphatic heterocycles. The summed E-state index contributed by atoms with van der Waals surface area (Å²) in [6, 6.07) is 50.0. The summed E-state index contributed by atoms with van der Waals surface area (Å²) in [6.45, 7) is 2.17. The molecule has 0 radical (unpaired) electrons. The van der Waals surface area contributed by atoms with Gasteiger partial charge in [0.25, 0.3) is 0 Å². The van der Waals surface area contributed by atoms with Gasteiger partial charge in [0.05, 0.1) is 5.52 Å². The SMILES string of the molecule is Cc1cc(-c2cc3ccc(-n4ccc5ccccc54)cc3[cH-]2)c2ccccc2c1.[Cl-].[Cl-].[Zr+4].c1ccc2[cH-]ccc2c1. The topological polar surface area (TPSA) is 4.93 Å². The Balaban J connectivity index is 0.000000277. The molecule has 1 nitrogen and oxygen atoms in total. The fourth-order valence-electron chi connectivity index (χ4n) is 5.58. The number of nitrogens with zero attached hydrogens (tertiary/aromatic N) is 1. The summed E-state index contributed by atoms with van der Waals surface area (Å²) >= 11 is 0. The Morgan fingerprint density at radius 2 is 1.32 bits per heavy atom. The average molecular weight is 648 g/mol. The van der Waals surface area contributed by atoms with Gasteiger partial charge >= 0.3 is 26.2 Å². The Morgan fingerprint density at radius 1 is 0.585 bits per heavy atom. The van der Waals surface area contributed by atoms with Gasteiger partial charge in [-0.2, -0.15) is 17.5 Å². The van der Waals surface area contributed by atoms with Crippen molar-refractivity contribution in [2.24, 2.45) is 0 Å². The molecule has 0 atom stereocenters. The van der Waals surface area contributed by atoms with E-state index in [1.54, 1.807) is 0 Å². The molecule has 0 saturated heterocycles. The second kappa shape index (κ2) is 13.0. The van der Waals surface area contributed by atoms with Gasteiger partial charge in [0.2, 0.25) is 0 Å². The molecule has 0 bridgehead atoms. The van der Waals surface area contributed by atoms with E-state index in [0.717, 1.165) is 0 Å². The Bertz CT molecular complexity index is 2030. The number of halogens is 2. The van der Waals surface area contributed by atoms with E-state index in [0.29, 0.717) is 0 Å². The van der Waals surface area contributed by atoms with Crippen LogP contribution in [-0.4, -0.2) is 4.57 Å². The quantitative estimate of drug-likeness (QED) is 0.248. The first-order valence-corrected chi connectivity index (χ1v) is 13.1. The van der Waals surface area contributed by atoms with Crippen LogP contribution < -0.4 is 24.8 Å². The first-order valence-electron chi connectivity index (χ1n) is 13.1. The largest absolute Gasteiger partial charge is 4.00 e. The van der Waals surface area contributed by atoms with Crippen molar-refractivity contribution in [3.05, 3.63) is 151 Å². The van der Waals surface area contributed by atoms with E-state index < -0.39 is 0 Å². The van der Waals surface area contributed by atoms with Gasteiger partial charge < -0.3 is 29.4 Å². The van der Waals surface area contributed by atoms with Crippen LogP contribution in [0, 0.1) is 6.92 Å². The van der Waals surface area contributed by atoms with Crippen molar-refractivity contribution in [1.82, 2.24) is 4.57 Å². The Kier molecular flexibility index (Phi) is 9.72. The minimum atomic E-state index is 0. The van der Waals surface area contributed by atoms with E-state index in [-0.39, 0.29) is 51.0 Å². The average Bonchev–Trinajstić information content (AvgIpc) is 3.70. The van der Waals surface area contributed by atoms with Gasteiger partial charge in [0, 0.05) is 11.9 Å². The van der Waals surface area contributed by atoms with Crippen LogP contribution in [0.1, 0.15) is 5.56 Å². The molecule has 8 rings (SSSR count). The molecule has 0 spiro atoms. The second-order valence-corrected chi connectivity index (χ2v) is 9.99. The van der Waals surface area contributed by atoms with Crippen LogP contribution in [0.5, 0.6) is 0 Å². The summed E-state index contributed by atoms with van der Waals surface area (Å²) in [6.07, 6.45) is 2.16. The van der Waals surface area contributed by atoms with Crippen molar-refractivity contribution in [2.75, 3.05) is 0 Å². The van der Waals surface area contributed by atoms with Gasteiger partial charge in [-0.1, -0.05) is 90.0 Å². The van der Waals surface area contributed by atoms with Crippen molar-refractivity contribution in [2.45, 2.75) is 6.92 Å². The fourth-order valence-corrected chi connectivity index (χ4v) is 5.58. The number of fused-ring (bicyclic) bond motifs is 4. The molecule has 0 saturated carbocycles. The first kappa shape index (κ1) is 30.5. The molecule has 0 aliphatic carbocycles. The number of hydrogen-bond acceptors (Lipinski definition) is 0. The van der Waals surface area contributed by atoms with E-state index >= 15 is 0 Å². The molecular weight excluding hydrogens is 621 g/mol. The van der Waals surface area contributed by atoms with E-state index in [9.17, 15) is 0 Å². The van der Waals surface area contributed by atoms with Gasteiger partial charge in [-0.25, -0.2) is 0 Å². The van der Waals surface area contributed by atoms with Crippen LogP contribution in [-0.2, 0) is 26.2 Å². The summed E-state index contributed by atoms with van der Waals surface area (Å²) in [5, 5.41) is 9.10. The molecule has 4 heteroatoms. The Morgan fingerprint density at radius 3 is 2.15 bits per heavy atom. The molecule has 8 aromatic rings. The molecule has 0 amide bonds. The maximum Gasteiger partial charge on any atom is 4.00 e. The number of benzene rings is 5. The summed E-state index contributed by atoms with van der Waals surface area (Å²) in [7, 11) is 0. The van der Waals surface area contributed by atoms with Gasteiger partial charge in [-0.05, 0) is 35.2 Å². The molecule has 41 heavy (non-hydrogen) atoms. The van der Waals surface area contributed by atoms with E-state index in [4.69, 9.17) is 0 Å². The molecule has 0 aliphatic rings. The van der Waals surface area contributed by atoms with Crippen LogP contribution >= 0.6 is 0 Å². The number of aromatic nitrogens is 1. The number of hydrogen-bond donors (Lipinski definition) is 0. The van der Waals surface area contributed by atoms with Crippen LogP contribution in [0.25, 0.3) is 60.0 Å². The maximum absolute atomic E-state index is 2.33. The first-order chi connectivity index (χ1) is 18.7. The third-order valence-corrected chi connectivity index (χ3v) is 7.43. The second-order valence-electron chi connectivity index (χ2n) is 9.99. The summed E-state index contributed by atoms with van der Waals surface area (Å²) < 4.78 is 2.27. The Hall–Kier alpha value is -3.42. The van der Waals surface area contributed by atoms with Crippen molar-refractivity contribution >= 4 is 43.2 Å². The van der Waals surface area contributed by atoms with Crippen molar-refractivity contribution < 1.29 is 51.0 Å². The van der Waals surface area contributed by atoms with Gasteiger partial charge in [0.1, 0.15) is 0 Å². The van der Waals surface area contributed by atoms with E-state index in [1.165, 1.54) is 65.6 Å². The van der Waals surface area contributed by atoms with Crippen LogP contribution in [0.15, 0.2) is 146 Å². The minimum absolute atomic E-state index is 0. The third kappa shape index (κ3) is 5.97. The summed E-state index contributed by atoms with van der Waals surface area (Å²) in [5.74, 6) is 0. The molecule has 198 valence electrons. The standard InChI is InChI=1S/C28H20N.C9H7.2ClH.Zr/c1-19-14-22-7-2-4-8-26(22)27(15-19)24-16-21-10-11-25(18-23(21)17-24)29-13-12-20-6-3-5-9-28(20)29;1-2-5-9-7-3-6-8(9)4-1;;;/h2-18H,1H3;1-7H;2*1H;/q2*-1;;;+4/p-2. The van der Waals surface area contributed by atoms with Crippen LogP contribution in [0.3, 0.4) is 0 Å². The van der Waals surface area contributed by atoms with Crippen LogP contribution in [0.4, 0.5) is 0 Å². The number of aryl methyl sites for hydroxylation is 1. The van der Waals surface area contributed by atoms with Crippen molar-refractivity contribution in [3.63, 3.8) is 0 Å². The molecule has 0 N–H and O–H groups in total. The molecule has 1 heterocycles. The van der Waals surface area contributed by atoms with E-state index in [1.807, 2.05) is 0 Å². The van der Waals surface area contributed by atoms with Gasteiger partial charge in [0.15, 0.2) is 0 Å². The molecule has 0 fully saturated rings. The molecule has 0 unspecified atom stereocenters. The maximum atomic E-state index is 2.33. The molecular formula is C37H27Cl2NZr. The third-order valence-electron chi connectivity index (χ3n) is 7.43. The fraction of sp³-hybridized carbons (Fsp3) is 0.0270. The molecule has 7 aromatic carbocycles. The normalized spacial score (nSPS) is 10.5. The predicted molar refractivity (Wildman–Crippen MR) is 164 cm³/mol.